The highest BCUT2D eigenvalue weighted by atomic mass is 16.7. The molecule has 39 nitrogen and oxygen atoms in total. The van der Waals surface area contributed by atoms with Crippen LogP contribution in [0, 0.1) is 0 Å². The molecule has 79 heavy (non-hydrogen) atoms. The van der Waals surface area contributed by atoms with E-state index in [2.05, 4.69) is 4.74 Å². The molecule has 0 bridgehead atoms. The van der Waals surface area contributed by atoms with Crippen molar-refractivity contribution in [2.24, 2.45) is 0 Å². The van der Waals surface area contributed by atoms with Crippen LogP contribution in [0.1, 0.15) is 0 Å². The van der Waals surface area contributed by atoms with Crippen molar-refractivity contribution in [2.75, 3.05) is 46.2 Å². The van der Waals surface area contributed by atoms with E-state index in [0.29, 0.717) is 0 Å². The predicted octanol–water partition coefficient (Wildman–Crippen LogP) is -20.9. The van der Waals surface area contributed by atoms with Crippen LogP contribution in [-0.4, -0.2) is 407 Å². The van der Waals surface area contributed by atoms with Gasteiger partial charge >= 0.3 is 0 Å². The number of hydrogen-bond donors (Lipinski definition) is 31. The zero-order chi connectivity index (χ0) is 62.3. The summed E-state index contributed by atoms with van der Waals surface area (Å²) in [5.41, 5.74) is 0. The summed E-state index contributed by atoms with van der Waals surface area (Å²) in [6, 6.07) is 0. The lowest BCUT2D eigenvalue weighted by molar-refractivity contribution is -0.355. The second-order valence-corrected chi connectivity index (χ2v) is 16.7. The molecule has 39 heteroatoms. The van der Waals surface area contributed by atoms with Gasteiger partial charge in [0.15, 0.2) is 44.0 Å². The molecular formula is C40H78O39. The molecule has 31 N–H and O–H groups in total. The number of aldehydes is 4. The van der Waals surface area contributed by atoms with E-state index < -0.39 is 217 Å². The Hall–Kier alpha value is -2.72. The molecule has 0 aromatic heterocycles. The number of ether oxygens (including phenoxy) is 4. The van der Waals surface area contributed by atoms with Crippen molar-refractivity contribution in [3.8, 4) is 0 Å². The predicted molar refractivity (Wildman–Crippen MR) is 241 cm³/mol. The van der Waals surface area contributed by atoms with E-state index in [1.54, 1.807) is 0 Å². The van der Waals surface area contributed by atoms with Gasteiger partial charge in [-0.1, -0.05) is 0 Å². The zero-order valence-corrected chi connectivity index (χ0v) is 41.1. The van der Waals surface area contributed by atoms with Crippen LogP contribution in [-0.2, 0) is 38.1 Å². The minimum absolute atomic E-state index is 0.0258. The van der Waals surface area contributed by atoms with Crippen LogP contribution in [0.4, 0.5) is 0 Å². The van der Waals surface area contributed by atoms with Crippen molar-refractivity contribution in [1.82, 2.24) is 0 Å². The number of carbonyl (C=O) groups is 4. The first-order chi connectivity index (χ1) is 36.7. The molecule has 3 heterocycles. The molecule has 0 saturated carbocycles. The summed E-state index contributed by atoms with van der Waals surface area (Å²) in [5, 5.41) is 276. The maximum absolute atomic E-state index is 9.94. The summed E-state index contributed by atoms with van der Waals surface area (Å²) >= 11 is 0. The second kappa shape index (κ2) is 42.1. The second-order valence-electron chi connectivity index (χ2n) is 16.7. The minimum Gasteiger partial charge on any atom is -0.394 e. The summed E-state index contributed by atoms with van der Waals surface area (Å²) in [4.78, 5) is 39.5. The standard InChI is InChI=1S/C12H22O11.3C6H12O6.2C5H10O5/c13-1-3-5(15)6(16)9(19)12(22-3)23-10-4(2-14)21-11(20)8(18)7(10)17;3*7-1-3(9)5(11)6(12)4(10)2-8;6-2-1-10-5(9)4(8)3(2)7;6-1-3(8)5(10)4(9)2-7/h3-20H,1-2H2;3*1,3-6,8-12H,2H2;2-9H,1H2;1,3-5,7-10H,2H2/t3-,4-,5-,6+,7-,8-,9-,10-,11-,12+;3-,4+,5+,6+;3-,4+,5+,6-;3-,4-,5-,6-;2-,3+,4-,5?;3-,4-,5+/m100111/s1. The van der Waals surface area contributed by atoms with Gasteiger partial charge in [-0.05, 0) is 0 Å². The van der Waals surface area contributed by atoms with Crippen LogP contribution < -0.4 is 0 Å². The van der Waals surface area contributed by atoms with E-state index in [1.807, 2.05) is 0 Å². The zero-order valence-electron chi connectivity index (χ0n) is 41.1. The van der Waals surface area contributed by atoms with Crippen LogP contribution in [0.15, 0.2) is 0 Å². The molecule has 3 aliphatic rings. The van der Waals surface area contributed by atoms with Gasteiger partial charge < -0.3 is 196 Å². The summed E-state index contributed by atoms with van der Waals surface area (Å²) in [7, 11) is 0. The van der Waals surface area contributed by atoms with Crippen LogP contribution in [0.2, 0.25) is 0 Å². The van der Waals surface area contributed by atoms with Crippen LogP contribution in [0.25, 0.3) is 0 Å². The van der Waals surface area contributed by atoms with Gasteiger partial charge in [0.1, 0.15) is 159 Å². The lowest BCUT2D eigenvalue weighted by Gasteiger charge is -2.45. The van der Waals surface area contributed by atoms with Crippen LogP contribution in [0.5, 0.6) is 0 Å². The third kappa shape index (κ3) is 27.0. The molecule has 3 rings (SSSR count). The van der Waals surface area contributed by atoms with Gasteiger partial charge in [0.25, 0.3) is 0 Å². The van der Waals surface area contributed by atoms with Gasteiger partial charge in [-0.15, -0.1) is 0 Å². The highest BCUT2D eigenvalue weighted by Gasteiger charge is 2.50. The van der Waals surface area contributed by atoms with Crippen molar-refractivity contribution >= 4 is 25.1 Å². The summed E-state index contributed by atoms with van der Waals surface area (Å²) in [5.74, 6) is 0. The van der Waals surface area contributed by atoms with E-state index in [9.17, 15) is 54.9 Å². The van der Waals surface area contributed by atoms with E-state index in [0.717, 1.165) is 0 Å². The maximum atomic E-state index is 9.94. The Morgan fingerprint density at radius 1 is 0.367 bits per heavy atom. The Labute approximate surface area is 445 Å². The fourth-order valence-corrected chi connectivity index (χ4v) is 5.63. The topological polar surface area (TPSA) is 732 Å². The van der Waals surface area contributed by atoms with Gasteiger partial charge in [-0.25, -0.2) is 0 Å². The fraction of sp³-hybridized carbons (Fsp3) is 0.900. The van der Waals surface area contributed by atoms with Crippen LogP contribution in [0.3, 0.4) is 0 Å². The Morgan fingerprint density at radius 3 is 1.01 bits per heavy atom. The molecule has 3 aliphatic heterocycles. The normalized spacial score (nSPS) is 33.4. The quantitative estimate of drug-likeness (QED) is 0.0423. The Bertz CT molecular complexity index is 1470. The molecule has 0 radical (unpaired) electrons. The van der Waals surface area contributed by atoms with Crippen LogP contribution >= 0.6 is 0 Å². The Balaban J connectivity index is -0.000000909. The van der Waals surface area contributed by atoms with Gasteiger partial charge in [-0.3, -0.25) is 0 Å². The monoisotopic (exact) mass is 1180 g/mol. The third-order valence-corrected chi connectivity index (χ3v) is 10.8. The minimum atomic E-state index is -1.79. The van der Waals surface area contributed by atoms with E-state index in [4.69, 9.17) is 137 Å². The first-order valence-electron chi connectivity index (χ1n) is 22.8. The molecule has 0 amide bonds. The van der Waals surface area contributed by atoms with E-state index >= 15 is 0 Å². The molecule has 0 spiro atoms. The molecule has 3 saturated heterocycles. The number of hydrogen-bond acceptors (Lipinski definition) is 39. The van der Waals surface area contributed by atoms with Crippen molar-refractivity contribution in [2.45, 2.75) is 178 Å². The third-order valence-electron chi connectivity index (χ3n) is 10.8. The first-order valence-corrected chi connectivity index (χ1v) is 22.8. The van der Waals surface area contributed by atoms with E-state index in [-0.39, 0.29) is 31.8 Å². The molecule has 29 atom stereocenters. The molecule has 0 aliphatic carbocycles. The van der Waals surface area contributed by atoms with Crippen molar-refractivity contribution < 1.29 is 196 Å². The Kier molecular flexibility index (Phi) is 42.9. The summed E-state index contributed by atoms with van der Waals surface area (Å²) in [6.07, 6.45) is -46.0. The van der Waals surface area contributed by atoms with Gasteiger partial charge in [0, 0.05) is 0 Å². The summed E-state index contributed by atoms with van der Waals surface area (Å²) < 4.78 is 19.7. The largest absolute Gasteiger partial charge is 0.394 e. The number of aliphatic hydroxyl groups is 31. The van der Waals surface area contributed by atoms with Crippen molar-refractivity contribution in [3.05, 3.63) is 0 Å². The van der Waals surface area contributed by atoms with E-state index in [1.165, 1.54) is 0 Å². The lowest BCUT2D eigenvalue weighted by atomic mass is 9.97. The molecule has 472 valence electrons. The average molecular weight is 1180 g/mol. The Morgan fingerprint density at radius 2 is 0.696 bits per heavy atom. The fourth-order valence-electron chi connectivity index (χ4n) is 5.63. The highest BCUT2D eigenvalue weighted by molar-refractivity contribution is 5.57. The molecule has 3 fully saturated rings. The molecule has 1 unspecified atom stereocenters. The molecule has 0 aromatic carbocycles. The number of carbonyl (C=O) groups excluding carboxylic acids is 4. The van der Waals surface area contributed by atoms with Crippen molar-refractivity contribution in [1.29, 1.82) is 0 Å². The van der Waals surface area contributed by atoms with Gasteiger partial charge in [0.2, 0.25) is 0 Å². The van der Waals surface area contributed by atoms with Gasteiger partial charge in [0.05, 0.1) is 46.2 Å². The smallest absolute Gasteiger partial charge is 0.187 e. The number of aliphatic hydroxyl groups excluding tert-OH is 31. The average Bonchev–Trinajstić information content (AvgIpc) is 3.46. The highest BCUT2D eigenvalue weighted by Crippen LogP contribution is 2.28. The molecule has 0 aromatic rings. The first kappa shape index (κ1) is 80.5. The summed E-state index contributed by atoms with van der Waals surface area (Å²) in [6.45, 7) is -4.47. The van der Waals surface area contributed by atoms with Gasteiger partial charge in [-0.2, -0.15) is 0 Å². The number of rotatable bonds is 23. The maximum Gasteiger partial charge on any atom is 0.187 e. The molecular weight excluding hydrogens is 1100 g/mol. The van der Waals surface area contributed by atoms with Crippen molar-refractivity contribution in [3.63, 3.8) is 0 Å². The lowest BCUT2D eigenvalue weighted by Crippen LogP contribution is -2.64. The SMILES string of the molecule is O=C[C@@H](O)[C@@H](O)[C@H](O)[C@H](O)CO.O=C[C@@H](O)[C@H](O)[C@H](O)CO.O=C[C@H](O)[C@@H](O)[C@@H](O)[C@H](O)CO.O=C[C@H](O)[C@@H](O)[C@H](O)[C@H](O)CO.OC1OC[C@@H](O)[C@H](O)[C@H]1O.OC[C@H]1O[C@@H](O[C@H]2[C@H](O)[C@@H](O)[C@H](O)O[C@@H]2CO)[C@H](O)[C@@H](O)[C@@H]1O.